The fourth-order valence-corrected chi connectivity index (χ4v) is 4.81. The average molecular weight is 667 g/mol. The fourth-order valence-electron chi connectivity index (χ4n) is 4.81. The van der Waals surface area contributed by atoms with Crippen LogP contribution in [0.2, 0.25) is 0 Å². The van der Waals surface area contributed by atoms with Crippen LogP contribution in [-0.4, -0.2) is 40.6 Å². The number of aromatic amines is 1. The Morgan fingerprint density at radius 1 is 0.979 bits per heavy atom. The van der Waals surface area contributed by atoms with Gasteiger partial charge in [-0.3, -0.25) is 4.79 Å². The first-order chi connectivity index (χ1) is 23.0. The third kappa shape index (κ3) is 6.97. The molecule has 17 heteroatoms. The van der Waals surface area contributed by atoms with Crippen molar-refractivity contribution in [2.45, 2.75) is 32.3 Å². The standard InChI is InChI=1S/C31H20F6N8O3/c32-22-6-17(11-38)4-5-18(22)14-47-29-3-1-2-25(40-29)21-9-23(33)19(7-24(21)34)8-27-41-42-30(26-10-28(46)43-48-26)45(27)13-20-12-39-16-44(20)15-31(35,36)37/h1-7,9-10,12,16H,8,13-15H2,(H,43,46). The summed E-state index contributed by atoms with van der Waals surface area (Å²) >= 11 is 0. The van der Waals surface area contributed by atoms with Crippen LogP contribution in [0.3, 0.4) is 0 Å². The van der Waals surface area contributed by atoms with E-state index < -0.39 is 35.7 Å². The van der Waals surface area contributed by atoms with E-state index in [1.807, 2.05) is 6.07 Å². The number of halogens is 6. The van der Waals surface area contributed by atoms with Crippen molar-refractivity contribution in [1.82, 2.24) is 34.5 Å². The van der Waals surface area contributed by atoms with Crippen molar-refractivity contribution in [3.63, 3.8) is 0 Å². The minimum absolute atomic E-state index is 0.00180. The number of nitriles is 1. The van der Waals surface area contributed by atoms with Crippen molar-refractivity contribution < 1.29 is 35.6 Å². The Bertz CT molecular complexity index is 2210. The van der Waals surface area contributed by atoms with Gasteiger partial charge < -0.3 is 18.4 Å². The quantitative estimate of drug-likeness (QED) is 0.188. The highest BCUT2D eigenvalue weighted by Gasteiger charge is 2.29. The Kier molecular flexibility index (Phi) is 8.55. The molecule has 0 atom stereocenters. The molecule has 244 valence electrons. The monoisotopic (exact) mass is 666 g/mol. The Morgan fingerprint density at radius 3 is 2.52 bits per heavy atom. The van der Waals surface area contributed by atoms with E-state index in [9.17, 15) is 22.4 Å². The van der Waals surface area contributed by atoms with Gasteiger partial charge in [-0.25, -0.2) is 23.1 Å². The van der Waals surface area contributed by atoms with Gasteiger partial charge in [0.2, 0.25) is 17.5 Å². The number of ether oxygens (including phenoxy) is 1. The molecule has 1 N–H and O–H groups in total. The fraction of sp³-hybridized carbons (Fsp3) is 0.161. The Balaban J connectivity index is 1.27. The molecule has 0 amide bonds. The van der Waals surface area contributed by atoms with Crippen LogP contribution in [-0.2, 0) is 26.1 Å². The molecule has 0 aliphatic heterocycles. The zero-order chi connectivity index (χ0) is 34.0. The molecule has 11 nitrogen and oxygen atoms in total. The van der Waals surface area contributed by atoms with E-state index >= 15 is 8.78 Å². The highest BCUT2D eigenvalue weighted by atomic mass is 19.4. The molecule has 0 unspecified atom stereocenters. The molecule has 6 rings (SSSR count). The summed E-state index contributed by atoms with van der Waals surface area (Å²) < 4.78 is 97.5. The Labute approximate surface area is 265 Å². The molecular weight excluding hydrogens is 646 g/mol. The summed E-state index contributed by atoms with van der Waals surface area (Å²) in [4.78, 5) is 19.7. The number of hydrogen-bond donors (Lipinski definition) is 1. The zero-order valence-corrected chi connectivity index (χ0v) is 24.3. The number of nitrogens with one attached hydrogen (secondary N) is 1. The second-order valence-corrected chi connectivity index (χ2v) is 10.4. The van der Waals surface area contributed by atoms with Crippen LogP contribution in [0.4, 0.5) is 26.3 Å². The Hall–Kier alpha value is -6.18. The topological polar surface area (TPSA) is 140 Å². The molecule has 0 saturated heterocycles. The van der Waals surface area contributed by atoms with Crippen LogP contribution in [0, 0.1) is 28.8 Å². The highest BCUT2D eigenvalue weighted by molar-refractivity contribution is 5.61. The van der Waals surface area contributed by atoms with E-state index in [0.29, 0.717) is 0 Å². The van der Waals surface area contributed by atoms with Gasteiger partial charge in [-0.1, -0.05) is 12.1 Å². The smallest absolute Gasteiger partial charge is 0.406 e. The maximum atomic E-state index is 15.5. The summed E-state index contributed by atoms with van der Waals surface area (Å²) in [6.07, 6.45) is -2.71. The van der Waals surface area contributed by atoms with E-state index in [1.165, 1.54) is 41.1 Å². The van der Waals surface area contributed by atoms with Crippen LogP contribution in [0.25, 0.3) is 22.8 Å². The molecule has 0 aliphatic rings. The van der Waals surface area contributed by atoms with Crippen molar-refractivity contribution in [3.05, 3.63) is 123 Å². The predicted octanol–water partition coefficient (Wildman–Crippen LogP) is 5.55. The number of hydrogen-bond acceptors (Lipinski definition) is 8. The van der Waals surface area contributed by atoms with Gasteiger partial charge in [0.05, 0.1) is 42.0 Å². The van der Waals surface area contributed by atoms with E-state index in [2.05, 4.69) is 25.3 Å². The van der Waals surface area contributed by atoms with Gasteiger partial charge in [0.15, 0.2) is 0 Å². The molecule has 0 bridgehead atoms. The molecule has 0 fully saturated rings. The highest BCUT2D eigenvalue weighted by Crippen LogP contribution is 2.28. The van der Waals surface area contributed by atoms with Crippen molar-refractivity contribution in [3.8, 4) is 34.8 Å². The van der Waals surface area contributed by atoms with Crippen molar-refractivity contribution >= 4 is 0 Å². The summed E-state index contributed by atoms with van der Waals surface area (Å²) in [5, 5.41) is 19.0. The minimum Gasteiger partial charge on any atom is -0.473 e. The lowest BCUT2D eigenvalue weighted by Gasteiger charge is -2.14. The van der Waals surface area contributed by atoms with Crippen LogP contribution in [0.5, 0.6) is 5.88 Å². The Morgan fingerprint density at radius 2 is 1.79 bits per heavy atom. The number of pyridine rings is 1. The number of rotatable bonds is 10. The molecule has 0 aliphatic carbocycles. The molecule has 2 aromatic carbocycles. The van der Waals surface area contributed by atoms with Gasteiger partial charge in [0.25, 0.3) is 5.56 Å². The van der Waals surface area contributed by atoms with Gasteiger partial charge in [0, 0.05) is 29.8 Å². The number of nitrogens with zero attached hydrogens (tertiary/aromatic N) is 7. The van der Waals surface area contributed by atoms with Gasteiger partial charge >= 0.3 is 6.18 Å². The number of aromatic nitrogens is 7. The van der Waals surface area contributed by atoms with Crippen molar-refractivity contribution in [2.75, 3.05) is 0 Å². The molecule has 0 radical (unpaired) electrons. The first-order valence-corrected chi connectivity index (χ1v) is 13.9. The van der Waals surface area contributed by atoms with Crippen molar-refractivity contribution in [1.29, 1.82) is 5.26 Å². The summed E-state index contributed by atoms with van der Waals surface area (Å²) in [5.74, 6) is -2.49. The van der Waals surface area contributed by atoms with Crippen LogP contribution in [0.1, 0.15) is 28.2 Å². The largest absolute Gasteiger partial charge is 0.473 e. The molecule has 4 aromatic heterocycles. The van der Waals surface area contributed by atoms with Gasteiger partial charge in [-0.2, -0.15) is 23.6 Å². The normalized spacial score (nSPS) is 11.5. The lowest BCUT2D eigenvalue weighted by atomic mass is 10.0. The predicted molar refractivity (Wildman–Crippen MR) is 154 cm³/mol. The molecule has 0 spiro atoms. The summed E-state index contributed by atoms with van der Waals surface area (Å²) in [6, 6.07) is 13.0. The van der Waals surface area contributed by atoms with Crippen LogP contribution >= 0.6 is 0 Å². The number of H-pyrrole nitrogens is 1. The van der Waals surface area contributed by atoms with Gasteiger partial charge in [0.1, 0.15) is 36.4 Å². The third-order valence-corrected chi connectivity index (χ3v) is 7.08. The number of imidazole rings is 1. The molecule has 6 aromatic rings. The summed E-state index contributed by atoms with van der Waals surface area (Å²) in [6.45, 7) is -1.86. The maximum absolute atomic E-state index is 15.5. The minimum atomic E-state index is -4.55. The summed E-state index contributed by atoms with van der Waals surface area (Å²) in [5.41, 5.74) is -0.594. The third-order valence-electron chi connectivity index (χ3n) is 7.08. The van der Waals surface area contributed by atoms with Gasteiger partial charge in [-0.15, -0.1) is 10.2 Å². The van der Waals surface area contributed by atoms with Crippen LogP contribution in [0.15, 0.2) is 76.4 Å². The summed E-state index contributed by atoms with van der Waals surface area (Å²) in [7, 11) is 0. The van der Waals surface area contributed by atoms with E-state index in [-0.39, 0.29) is 76.5 Å². The molecule has 0 saturated carbocycles. The lowest BCUT2D eigenvalue weighted by Crippen LogP contribution is -2.20. The van der Waals surface area contributed by atoms with Crippen LogP contribution < -0.4 is 10.3 Å². The number of benzene rings is 2. The van der Waals surface area contributed by atoms with Crippen molar-refractivity contribution in [2.24, 2.45) is 0 Å². The first kappa shape index (κ1) is 31.8. The first-order valence-electron chi connectivity index (χ1n) is 13.9. The van der Waals surface area contributed by atoms with Gasteiger partial charge in [-0.05, 0) is 35.9 Å². The molecular formula is C31H20F6N8O3. The molecule has 4 heterocycles. The van der Waals surface area contributed by atoms with E-state index in [1.54, 1.807) is 0 Å². The average Bonchev–Trinajstić information content (AvgIpc) is 3.78. The maximum Gasteiger partial charge on any atom is 0.406 e. The number of alkyl halides is 3. The lowest BCUT2D eigenvalue weighted by molar-refractivity contribution is -0.141. The second kappa shape index (κ2) is 12.9. The zero-order valence-electron chi connectivity index (χ0n) is 24.3. The molecule has 48 heavy (non-hydrogen) atoms. The SMILES string of the molecule is N#Cc1ccc(COc2cccc(-c3cc(F)c(Cc4nnc(-c5cc(=O)[nH]o5)n4Cc4cncn4CC(F)(F)F)cc3F)n2)c(F)c1. The van der Waals surface area contributed by atoms with E-state index in [4.69, 9.17) is 14.5 Å². The van der Waals surface area contributed by atoms with E-state index in [0.717, 1.165) is 35.2 Å². The second-order valence-electron chi connectivity index (χ2n) is 10.4.